The molecule has 0 aromatic heterocycles. The summed E-state index contributed by atoms with van der Waals surface area (Å²) in [6.45, 7) is 1.68. The van der Waals surface area contributed by atoms with E-state index in [1.165, 1.54) is 0 Å². The molecular formula is C16H17NO4. The number of aliphatic hydroxyl groups is 1. The van der Waals surface area contributed by atoms with Crippen LogP contribution in [0.15, 0.2) is 30.3 Å². The summed E-state index contributed by atoms with van der Waals surface area (Å²) in [6, 6.07) is 7.77. The number of amides is 1. The van der Waals surface area contributed by atoms with Crippen molar-refractivity contribution in [2.45, 2.75) is 31.4 Å². The van der Waals surface area contributed by atoms with Crippen molar-refractivity contribution >= 4 is 17.5 Å². The first-order chi connectivity index (χ1) is 9.95. The molecule has 1 saturated carbocycles. The molecule has 3 rings (SSSR count). The number of ketones is 2. The number of rotatable bonds is 2. The molecule has 2 N–H and O–H groups in total. The molecule has 4 atom stereocenters. The molecule has 110 valence electrons. The first-order valence-corrected chi connectivity index (χ1v) is 7.10. The smallest absolute Gasteiger partial charge is 0.252 e. The molecule has 5 nitrogen and oxygen atoms in total. The molecule has 1 aromatic rings. The molecule has 1 aromatic carbocycles. The minimum Gasteiger partial charge on any atom is -0.380 e. The summed E-state index contributed by atoms with van der Waals surface area (Å²) in [6.07, 6.45) is 0.263. The zero-order valence-electron chi connectivity index (χ0n) is 11.7. The Morgan fingerprint density at radius 2 is 1.95 bits per heavy atom. The van der Waals surface area contributed by atoms with Gasteiger partial charge in [-0.3, -0.25) is 14.4 Å². The molecule has 1 aliphatic carbocycles. The Hall–Kier alpha value is -2.01. The number of Topliss-reactive ketones (excluding diaryl/α,β-unsaturated/α-hetero) is 2. The zero-order valence-corrected chi connectivity index (χ0v) is 11.7. The fraction of sp³-hybridized carbons (Fsp3) is 0.438. The summed E-state index contributed by atoms with van der Waals surface area (Å²) < 4.78 is 0. The van der Waals surface area contributed by atoms with E-state index in [9.17, 15) is 19.5 Å². The molecule has 0 radical (unpaired) electrons. The molecule has 1 heterocycles. The van der Waals surface area contributed by atoms with E-state index in [0.29, 0.717) is 5.56 Å². The van der Waals surface area contributed by atoms with Gasteiger partial charge in [-0.2, -0.15) is 0 Å². The number of carbonyl (C=O) groups is 3. The van der Waals surface area contributed by atoms with Gasteiger partial charge in [-0.1, -0.05) is 37.3 Å². The Balaban J connectivity index is 1.98. The van der Waals surface area contributed by atoms with Crippen molar-refractivity contribution in [3.63, 3.8) is 0 Å². The molecule has 21 heavy (non-hydrogen) atoms. The van der Waals surface area contributed by atoms with Gasteiger partial charge in [-0.05, 0) is 6.42 Å². The van der Waals surface area contributed by atoms with E-state index >= 15 is 0 Å². The fourth-order valence-corrected chi connectivity index (χ4v) is 3.52. The quantitative estimate of drug-likeness (QED) is 0.785. The molecule has 1 aliphatic heterocycles. The maximum Gasteiger partial charge on any atom is 0.252 e. The number of nitrogens with one attached hydrogen (secondary N) is 1. The van der Waals surface area contributed by atoms with Crippen molar-refractivity contribution in [1.29, 1.82) is 0 Å². The van der Waals surface area contributed by atoms with Gasteiger partial charge in [0.2, 0.25) is 0 Å². The Kier molecular flexibility index (Phi) is 3.17. The lowest BCUT2D eigenvalue weighted by Crippen LogP contribution is -2.52. The number of carbonyl (C=O) groups excluding carboxylic acids is 3. The lowest BCUT2D eigenvalue weighted by molar-refractivity contribution is -0.149. The van der Waals surface area contributed by atoms with Gasteiger partial charge in [0.25, 0.3) is 5.91 Å². The summed E-state index contributed by atoms with van der Waals surface area (Å²) in [5, 5.41) is 13.2. The standard InChI is InChI=1S/C16H17NO4/c1-9-11(18)7-8-16(21)12(9)13(17-15(16)20)14(19)10-5-3-2-4-6-10/h2-6,9,12-13,21H,7-8H2,1H3,(H,17,20)/t9-,12-,13+,16-/m1/s1. The van der Waals surface area contributed by atoms with Gasteiger partial charge in [0, 0.05) is 23.8 Å². The number of benzene rings is 1. The average molecular weight is 287 g/mol. The number of fused-ring (bicyclic) bond motifs is 1. The predicted octanol–water partition coefficient (Wildman–Crippen LogP) is 0.714. The van der Waals surface area contributed by atoms with Gasteiger partial charge < -0.3 is 10.4 Å². The normalized spacial score (nSPS) is 35.2. The van der Waals surface area contributed by atoms with Crippen LogP contribution in [-0.2, 0) is 9.59 Å². The van der Waals surface area contributed by atoms with Crippen LogP contribution < -0.4 is 5.32 Å². The highest BCUT2D eigenvalue weighted by Crippen LogP contribution is 2.43. The number of hydrogen-bond acceptors (Lipinski definition) is 4. The molecule has 1 amide bonds. The van der Waals surface area contributed by atoms with Gasteiger partial charge in [0.05, 0.1) is 6.04 Å². The van der Waals surface area contributed by atoms with Crippen molar-refractivity contribution in [2.24, 2.45) is 11.8 Å². The van der Waals surface area contributed by atoms with Crippen LogP contribution in [0.2, 0.25) is 0 Å². The summed E-state index contributed by atoms with van der Waals surface area (Å²) >= 11 is 0. The Morgan fingerprint density at radius 3 is 2.62 bits per heavy atom. The van der Waals surface area contributed by atoms with Gasteiger partial charge in [-0.15, -0.1) is 0 Å². The minimum absolute atomic E-state index is 0.00737. The fourth-order valence-electron chi connectivity index (χ4n) is 3.52. The topological polar surface area (TPSA) is 83.5 Å². The van der Waals surface area contributed by atoms with E-state index in [1.54, 1.807) is 37.3 Å². The van der Waals surface area contributed by atoms with Crippen LogP contribution >= 0.6 is 0 Å². The third-order valence-electron chi connectivity index (χ3n) is 4.73. The second-order valence-electron chi connectivity index (χ2n) is 5.89. The average Bonchev–Trinajstić information content (AvgIpc) is 2.76. The predicted molar refractivity (Wildman–Crippen MR) is 74.5 cm³/mol. The van der Waals surface area contributed by atoms with Gasteiger partial charge >= 0.3 is 0 Å². The van der Waals surface area contributed by atoms with E-state index in [1.807, 2.05) is 0 Å². The third-order valence-corrected chi connectivity index (χ3v) is 4.73. The van der Waals surface area contributed by atoms with Crippen LogP contribution in [0.4, 0.5) is 0 Å². The minimum atomic E-state index is -1.61. The highest BCUT2D eigenvalue weighted by molar-refractivity contribution is 6.06. The molecule has 1 saturated heterocycles. The molecule has 2 aliphatic rings. The first kappa shape index (κ1) is 13.9. The SMILES string of the molecule is C[C@@H]1C(=O)CC[C@]2(O)C(=O)N[C@H](C(=O)c3ccccc3)[C@@H]12. The lowest BCUT2D eigenvalue weighted by atomic mass is 9.67. The molecule has 2 fully saturated rings. The van der Waals surface area contributed by atoms with Gasteiger partial charge in [0.15, 0.2) is 5.78 Å². The van der Waals surface area contributed by atoms with Crippen LogP contribution in [0.3, 0.4) is 0 Å². The highest BCUT2D eigenvalue weighted by Gasteiger charge is 2.61. The third kappa shape index (κ3) is 2.00. The maximum absolute atomic E-state index is 12.6. The van der Waals surface area contributed by atoms with Crippen LogP contribution in [-0.4, -0.2) is 34.2 Å². The van der Waals surface area contributed by atoms with E-state index in [0.717, 1.165) is 0 Å². The first-order valence-electron chi connectivity index (χ1n) is 7.10. The van der Waals surface area contributed by atoms with Crippen molar-refractivity contribution in [3.8, 4) is 0 Å². The van der Waals surface area contributed by atoms with Crippen LogP contribution in [0.25, 0.3) is 0 Å². The maximum atomic E-state index is 12.6. The second-order valence-corrected chi connectivity index (χ2v) is 5.89. The zero-order chi connectivity index (χ0) is 15.2. The van der Waals surface area contributed by atoms with E-state index in [-0.39, 0.29) is 24.4 Å². The van der Waals surface area contributed by atoms with Crippen molar-refractivity contribution < 1.29 is 19.5 Å². The lowest BCUT2D eigenvalue weighted by Gasteiger charge is -2.37. The molecule has 5 heteroatoms. The van der Waals surface area contributed by atoms with Gasteiger partial charge in [0.1, 0.15) is 11.4 Å². The Bertz CT molecular complexity index is 612. The summed E-state index contributed by atoms with van der Waals surface area (Å²) in [7, 11) is 0. The molecule has 0 spiro atoms. The van der Waals surface area contributed by atoms with E-state index in [2.05, 4.69) is 5.32 Å². The summed E-state index contributed by atoms with van der Waals surface area (Å²) in [4.78, 5) is 36.6. The largest absolute Gasteiger partial charge is 0.380 e. The van der Waals surface area contributed by atoms with Crippen LogP contribution in [0.5, 0.6) is 0 Å². The highest BCUT2D eigenvalue weighted by atomic mass is 16.3. The molecule has 0 bridgehead atoms. The second kappa shape index (κ2) is 4.77. The Labute approximate surface area is 122 Å². The summed E-state index contributed by atoms with van der Waals surface area (Å²) in [5.41, 5.74) is -1.14. The van der Waals surface area contributed by atoms with Crippen LogP contribution in [0, 0.1) is 11.8 Å². The summed E-state index contributed by atoms with van der Waals surface area (Å²) in [5.74, 6) is -2.01. The van der Waals surface area contributed by atoms with Crippen molar-refractivity contribution in [3.05, 3.63) is 35.9 Å². The Morgan fingerprint density at radius 1 is 1.29 bits per heavy atom. The monoisotopic (exact) mass is 287 g/mol. The van der Waals surface area contributed by atoms with E-state index < -0.39 is 29.4 Å². The molecular weight excluding hydrogens is 270 g/mol. The van der Waals surface area contributed by atoms with Gasteiger partial charge in [-0.25, -0.2) is 0 Å². The van der Waals surface area contributed by atoms with Crippen molar-refractivity contribution in [2.75, 3.05) is 0 Å². The molecule has 0 unspecified atom stereocenters. The van der Waals surface area contributed by atoms with Crippen molar-refractivity contribution in [1.82, 2.24) is 5.32 Å². The van der Waals surface area contributed by atoms with Crippen LogP contribution in [0.1, 0.15) is 30.1 Å². The van der Waals surface area contributed by atoms with E-state index in [4.69, 9.17) is 0 Å². The number of hydrogen-bond donors (Lipinski definition) is 2.